The fraction of sp³-hybridized carbons (Fsp3) is 0.333. The molecule has 4 rings (SSSR count). The predicted octanol–water partition coefficient (Wildman–Crippen LogP) is 4.61. The molecule has 0 bridgehead atoms. The predicted molar refractivity (Wildman–Crippen MR) is 114 cm³/mol. The van der Waals surface area contributed by atoms with Crippen molar-refractivity contribution in [2.45, 2.75) is 32.2 Å². The van der Waals surface area contributed by atoms with Crippen LogP contribution in [0.3, 0.4) is 0 Å². The van der Waals surface area contributed by atoms with Crippen molar-refractivity contribution < 1.29 is 9.32 Å². The molecule has 1 aromatic heterocycles. The lowest BCUT2D eigenvalue weighted by atomic mass is 10.0. The van der Waals surface area contributed by atoms with Gasteiger partial charge in [-0.2, -0.15) is 0 Å². The van der Waals surface area contributed by atoms with Crippen molar-refractivity contribution in [1.29, 1.82) is 0 Å². The minimum Gasteiger partial charge on any atom is -0.355 e. The Hall–Kier alpha value is -2.92. The molecule has 1 aliphatic heterocycles. The molecule has 0 spiro atoms. The van der Waals surface area contributed by atoms with Crippen LogP contribution in [0.1, 0.15) is 46.9 Å². The van der Waals surface area contributed by atoms with Crippen LogP contribution in [-0.2, 0) is 0 Å². The molecule has 2 aromatic carbocycles. The van der Waals surface area contributed by atoms with Crippen LogP contribution in [0.5, 0.6) is 0 Å². The summed E-state index contributed by atoms with van der Waals surface area (Å²) in [5, 5.41) is 7.04. The lowest BCUT2D eigenvalue weighted by Crippen LogP contribution is -2.40. The molecular formula is C24H27N3O2. The van der Waals surface area contributed by atoms with E-state index in [2.05, 4.69) is 39.6 Å². The topological polar surface area (TPSA) is 58.4 Å². The second kappa shape index (κ2) is 9.05. The lowest BCUT2D eigenvalue weighted by molar-refractivity contribution is 0.0915. The Morgan fingerprint density at radius 3 is 2.52 bits per heavy atom. The third kappa shape index (κ3) is 4.74. The van der Waals surface area contributed by atoms with Crippen LogP contribution in [-0.4, -0.2) is 35.6 Å². The van der Waals surface area contributed by atoms with Crippen LogP contribution in [0.2, 0.25) is 0 Å². The number of carbonyl (C=O) groups excluding carboxylic acids is 1. The monoisotopic (exact) mass is 389 g/mol. The Kier molecular flexibility index (Phi) is 6.06. The summed E-state index contributed by atoms with van der Waals surface area (Å²) in [4.78, 5) is 15.2. The maximum Gasteiger partial charge on any atom is 0.273 e. The minimum absolute atomic E-state index is 0.170. The van der Waals surface area contributed by atoms with Gasteiger partial charge < -0.3 is 9.84 Å². The van der Waals surface area contributed by atoms with Gasteiger partial charge in [0.05, 0.1) is 6.04 Å². The maximum atomic E-state index is 12.7. The first kappa shape index (κ1) is 19.4. The van der Waals surface area contributed by atoms with Crippen molar-refractivity contribution in [1.82, 2.24) is 15.4 Å². The van der Waals surface area contributed by atoms with Gasteiger partial charge in [0.2, 0.25) is 0 Å². The summed E-state index contributed by atoms with van der Waals surface area (Å²) < 4.78 is 5.40. The number of nitrogens with one attached hydrogen (secondary N) is 1. The van der Waals surface area contributed by atoms with Crippen molar-refractivity contribution in [3.8, 4) is 11.3 Å². The van der Waals surface area contributed by atoms with Crippen molar-refractivity contribution in [3.63, 3.8) is 0 Å². The third-order valence-corrected chi connectivity index (χ3v) is 5.55. The molecule has 1 aliphatic rings. The molecule has 1 fully saturated rings. The van der Waals surface area contributed by atoms with Gasteiger partial charge in [0.25, 0.3) is 5.91 Å². The van der Waals surface area contributed by atoms with Gasteiger partial charge in [-0.25, -0.2) is 0 Å². The highest BCUT2D eigenvalue weighted by Gasteiger charge is 2.23. The summed E-state index contributed by atoms with van der Waals surface area (Å²) >= 11 is 0. The van der Waals surface area contributed by atoms with E-state index in [9.17, 15) is 4.79 Å². The lowest BCUT2D eigenvalue weighted by Gasteiger charge is -2.35. The van der Waals surface area contributed by atoms with Gasteiger partial charge in [-0.3, -0.25) is 9.69 Å². The first-order chi connectivity index (χ1) is 14.2. The van der Waals surface area contributed by atoms with E-state index in [0.717, 1.165) is 18.7 Å². The summed E-state index contributed by atoms with van der Waals surface area (Å²) in [6, 6.07) is 20.3. The highest BCUT2D eigenvalue weighted by Crippen LogP contribution is 2.24. The normalized spacial score (nSPS) is 15.8. The van der Waals surface area contributed by atoms with Crippen LogP contribution >= 0.6 is 0 Å². The Morgan fingerprint density at radius 1 is 1.07 bits per heavy atom. The third-order valence-electron chi connectivity index (χ3n) is 5.55. The molecule has 0 radical (unpaired) electrons. The molecule has 3 aromatic rings. The number of rotatable bonds is 6. The molecule has 0 unspecified atom stereocenters. The summed E-state index contributed by atoms with van der Waals surface area (Å²) in [5.41, 5.74) is 3.63. The summed E-state index contributed by atoms with van der Waals surface area (Å²) in [6.07, 6.45) is 3.70. The average Bonchev–Trinajstić information content (AvgIpc) is 3.26. The molecule has 5 heteroatoms. The summed E-state index contributed by atoms with van der Waals surface area (Å²) in [6.45, 7) is 4.72. The number of likely N-dealkylation sites (tertiary alicyclic amines) is 1. The van der Waals surface area contributed by atoms with E-state index in [0.29, 0.717) is 18.0 Å². The van der Waals surface area contributed by atoms with Gasteiger partial charge in [-0.15, -0.1) is 0 Å². The maximum absolute atomic E-state index is 12.7. The molecular weight excluding hydrogens is 362 g/mol. The number of carbonyl (C=O) groups is 1. The number of aromatic nitrogens is 1. The molecule has 2 heterocycles. The van der Waals surface area contributed by atoms with E-state index in [4.69, 9.17) is 4.52 Å². The van der Waals surface area contributed by atoms with Crippen LogP contribution < -0.4 is 5.32 Å². The molecule has 1 amide bonds. The van der Waals surface area contributed by atoms with Crippen molar-refractivity contribution >= 4 is 5.91 Å². The van der Waals surface area contributed by atoms with E-state index < -0.39 is 0 Å². The minimum atomic E-state index is -0.204. The van der Waals surface area contributed by atoms with Gasteiger partial charge in [0.1, 0.15) is 0 Å². The fourth-order valence-electron chi connectivity index (χ4n) is 3.88. The quantitative estimate of drug-likeness (QED) is 0.669. The number of hydrogen-bond acceptors (Lipinski definition) is 4. The smallest absolute Gasteiger partial charge is 0.273 e. The van der Waals surface area contributed by atoms with Crippen LogP contribution in [0.25, 0.3) is 11.3 Å². The first-order valence-electron chi connectivity index (χ1n) is 10.3. The molecule has 150 valence electrons. The molecule has 0 aliphatic carbocycles. The molecule has 0 saturated carbocycles. The number of hydrogen-bond donors (Lipinski definition) is 1. The number of aryl methyl sites for hydroxylation is 1. The highest BCUT2D eigenvalue weighted by atomic mass is 16.5. The number of piperidine rings is 1. The van der Waals surface area contributed by atoms with Gasteiger partial charge in [0, 0.05) is 18.2 Å². The SMILES string of the molecule is Cc1ccc(-c2cc(C(=O)NC[C@@H](c3ccccc3)N3CCCCC3)no2)cc1. The Morgan fingerprint density at radius 2 is 1.79 bits per heavy atom. The zero-order chi connectivity index (χ0) is 20.1. The summed E-state index contributed by atoms with van der Waals surface area (Å²) in [5.74, 6) is 0.399. The van der Waals surface area contributed by atoms with Crippen molar-refractivity contribution in [2.24, 2.45) is 0 Å². The van der Waals surface area contributed by atoms with Gasteiger partial charge in [-0.05, 0) is 38.4 Å². The fourth-order valence-corrected chi connectivity index (χ4v) is 3.88. The zero-order valence-corrected chi connectivity index (χ0v) is 16.8. The second-order valence-electron chi connectivity index (χ2n) is 7.68. The van der Waals surface area contributed by atoms with E-state index in [1.807, 2.05) is 37.3 Å². The van der Waals surface area contributed by atoms with E-state index in [-0.39, 0.29) is 11.9 Å². The largest absolute Gasteiger partial charge is 0.355 e. The second-order valence-corrected chi connectivity index (χ2v) is 7.68. The van der Waals surface area contributed by atoms with Crippen molar-refractivity contribution in [2.75, 3.05) is 19.6 Å². The molecule has 1 atom stereocenters. The van der Waals surface area contributed by atoms with Crippen LogP contribution in [0, 0.1) is 6.92 Å². The first-order valence-corrected chi connectivity index (χ1v) is 10.3. The number of nitrogens with zero attached hydrogens (tertiary/aromatic N) is 2. The van der Waals surface area contributed by atoms with E-state index in [1.165, 1.54) is 30.4 Å². The molecule has 1 saturated heterocycles. The zero-order valence-electron chi connectivity index (χ0n) is 16.8. The Bertz CT molecular complexity index is 928. The molecule has 1 N–H and O–H groups in total. The number of amides is 1. The Labute approximate surface area is 171 Å². The highest BCUT2D eigenvalue weighted by molar-refractivity contribution is 5.93. The van der Waals surface area contributed by atoms with E-state index in [1.54, 1.807) is 6.07 Å². The van der Waals surface area contributed by atoms with Gasteiger partial charge >= 0.3 is 0 Å². The average molecular weight is 389 g/mol. The van der Waals surface area contributed by atoms with E-state index >= 15 is 0 Å². The number of benzene rings is 2. The van der Waals surface area contributed by atoms with Gasteiger partial charge in [-0.1, -0.05) is 71.7 Å². The standard InChI is InChI=1S/C24H27N3O2/c1-18-10-12-20(13-11-18)23-16-21(26-29-23)24(28)25-17-22(19-8-4-2-5-9-19)27-14-6-3-7-15-27/h2,4-5,8-13,16,22H,3,6-7,14-15,17H2,1H3,(H,25,28)/t22-/m0/s1. The van der Waals surface area contributed by atoms with Crippen molar-refractivity contribution in [3.05, 3.63) is 77.5 Å². The Balaban J connectivity index is 1.44. The summed E-state index contributed by atoms with van der Waals surface area (Å²) in [7, 11) is 0. The van der Waals surface area contributed by atoms with Crippen LogP contribution in [0.15, 0.2) is 65.2 Å². The molecule has 5 nitrogen and oxygen atoms in total. The van der Waals surface area contributed by atoms with Gasteiger partial charge in [0.15, 0.2) is 11.5 Å². The van der Waals surface area contributed by atoms with Crippen LogP contribution in [0.4, 0.5) is 0 Å². The molecule has 29 heavy (non-hydrogen) atoms.